The molecule has 1 heterocycles. The number of rotatable bonds is 2. The van der Waals surface area contributed by atoms with E-state index in [9.17, 15) is 0 Å². The molecule has 1 unspecified atom stereocenters. The second-order valence-electron chi connectivity index (χ2n) is 4.44. The van der Waals surface area contributed by atoms with Crippen LogP contribution in [0.4, 0.5) is 0 Å². The third-order valence-corrected chi connectivity index (χ3v) is 3.28. The average molecular weight is 221 g/mol. The lowest BCUT2D eigenvalue weighted by molar-refractivity contribution is 0.708. The Balaban J connectivity index is 1.89. The van der Waals surface area contributed by atoms with Crippen molar-refractivity contribution >= 4 is 6.21 Å². The quantitative estimate of drug-likeness (QED) is 0.734. The van der Waals surface area contributed by atoms with Gasteiger partial charge in [-0.25, -0.2) is 0 Å². The number of hydrogen-bond acceptors (Lipinski definition) is 1. The van der Waals surface area contributed by atoms with Crippen molar-refractivity contribution in [2.75, 3.05) is 0 Å². The Morgan fingerprint density at radius 1 is 0.941 bits per heavy atom. The van der Waals surface area contributed by atoms with Crippen molar-refractivity contribution < 1.29 is 0 Å². The highest BCUT2D eigenvalue weighted by molar-refractivity contribution is 5.65. The summed E-state index contributed by atoms with van der Waals surface area (Å²) in [5.41, 5.74) is 4.16. The van der Waals surface area contributed by atoms with Crippen LogP contribution in [-0.2, 0) is 12.8 Å². The first-order chi connectivity index (χ1) is 8.43. The molecule has 84 valence electrons. The van der Waals surface area contributed by atoms with Crippen LogP contribution < -0.4 is 0 Å². The minimum Gasteiger partial charge on any atom is -0.289 e. The summed E-state index contributed by atoms with van der Waals surface area (Å²) in [5, 5.41) is 0. The second kappa shape index (κ2) is 4.54. The van der Waals surface area contributed by atoms with E-state index in [-0.39, 0.29) is 0 Å². The highest BCUT2D eigenvalue weighted by Gasteiger charge is 2.16. The van der Waals surface area contributed by atoms with Gasteiger partial charge in [-0.2, -0.15) is 0 Å². The van der Waals surface area contributed by atoms with Gasteiger partial charge < -0.3 is 0 Å². The van der Waals surface area contributed by atoms with E-state index in [0.29, 0.717) is 6.04 Å². The number of nitrogens with zero attached hydrogens (tertiary/aromatic N) is 1. The van der Waals surface area contributed by atoms with Crippen LogP contribution in [0.5, 0.6) is 0 Å². The van der Waals surface area contributed by atoms with E-state index < -0.39 is 0 Å². The molecule has 17 heavy (non-hydrogen) atoms. The number of benzene rings is 2. The van der Waals surface area contributed by atoms with E-state index in [0.717, 1.165) is 12.8 Å². The number of aliphatic imine (C=N–C) groups is 1. The maximum Gasteiger partial charge on any atom is 0.0788 e. The first-order valence-corrected chi connectivity index (χ1v) is 6.07. The van der Waals surface area contributed by atoms with Gasteiger partial charge >= 0.3 is 0 Å². The molecule has 1 atom stereocenters. The molecule has 1 aliphatic rings. The molecule has 1 nitrogen and oxygen atoms in total. The molecule has 0 N–H and O–H groups in total. The molecule has 0 radical (unpaired) electrons. The SMILES string of the molecule is C1=NC(Cc2ccccc2)c2ccccc2C1. The molecule has 0 aliphatic carbocycles. The van der Waals surface area contributed by atoms with E-state index >= 15 is 0 Å². The molecule has 0 aromatic heterocycles. The van der Waals surface area contributed by atoms with Crippen LogP contribution in [-0.4, -0.2) is 6.21 Å². The van der Waals surface area contributed by atoms with Gasteiger partial charge in [0, 0.05) is 12.6 Å². The molecule has 1 aliphatic heterocycles. The van der Waals surface area contributed by atoms with Gasteiger partial charge in [0.05, 0.1) is 6.04 Å². The Morgan fingerprint density at radius 3 is 2.59 bits per heavy atom. The predicted octanol–water partition coefficient (Wildman–Crippen LogP) is 3.60. The zero-order valence-electron chi connectivity index (χ0n) is 9.71. The van der Waals surface area contributed by atoms with Crippen molar-refractivity contribution in [3.8, 4) is 0 Å². The minimum absolute atomic E-state index is 0.294. The van der Waals surface area contributed by atoms with Gasteiger partial charge in [0.25, 0.3) is 0 Å². The highest BCUT2D eigenvalue weighted by Crippen LogP contribution is 2.28. The summed E-state index contributed by atoms with van der Waals surface area (Å²) >= 11 is 0. The van der Waals surface area contributed by atoms with E-state index in [1.54, 1.807) is 0 Å². The van der Waals surface area contributed by atoms with Crippen molar-refractivity contribution in [1.29, 1.82) is 0 Å². The lowest BCUT2D eigenvalue weighted by atomic mass is 9.92. The second-order valence-corrected chi connectivity index (χ2v) is 4.44. The van der Waals surface area contributed by atoms with Crippen molar-refractivity contribution in [3.05, 3.63) is 71.3 Å². The Kier molecular flexibility index (Phi) is 2.74. The smallest absolute Gasteiger partial charge is 0.0788 e. The Bertz CT molecular complexity index is 528. The van der Waals surface area contributed by atoms with E-state index in [2.05, 4.69) is 65.8 Å². The van der Waals surface area contributed by atoms with E-state index in [1.807, 2.05) is 0 Å². The monoisotopic (exact) mass is 221 g/mol. The van der Waals surface area contributed by atoms with Crippen molar-refractivity contribution in [2.45, 2.75) is 18.9 Å². The summed E-state index contributed by atoms with van der Waals surface area (Å²) in [4.78, 5) is 4.64. The molecule has 1 heteroatoms. The average Bonchev–Trinajstić information content (AvgIpc) is 2.40. The van der Waals surface area contributed by atoms with Gasteiger partial charge in [-0.3, -0.25) is 4.99 Å². The molecule has 0 fully saturated rings. The summed E-state index contributed by atoms with van der Waals surface area (Å²) in [5.74, 6) is 0. The maximum atomic E-state index is 4.64. The molecule has 0 saturated carbocycles. The zero-order valence-corrected chi connectivity index (χ0v) is 9.71. The third kappa shape index (κ3) is 2.14. The van der Waals surface area contributed by atoms with Crippen LogP contribution in [0.25, 0.3) is 0 Å². The van der Waals surface area contributed by atoms with Crippen LogP contribution in [0.1, 0.15) is 22.7 Å². The topological polar surface area (TPSA) is 12.4 Å². The summed E-state index contributed by atoms with van der Waals surface area (Å²) in [6, 6.07) is 19.5. The minimum atomic E-state index is 0.294. The fourth-order valence-electron chi connectivity index (χ4n) is 2.40. The molecule has 0 bridgehead atoms. The van der Waals surface area contributed by atoms with Crippen LogP contribution >= 0.6 is 0 Å². The summed E-state index contributed by atoms with van der Waals surface area (Å²) in [6.45, 7) is 0. The van der Waals surface area contributed by atoms with Crippen LogP contribution in [0.3, 0.4) is 0 Å². The first-order valence-electron chi connectivity index (χ1n) is 6.07. The number of hydrogen-bond donors (Lipinski definition) is 0. The summed E-state index contributed by atoms with van der Waals surface area (Å²) in [6.07, 6.45) is 4.02. The lowest BCUT2D eigenvalue weighted by Gasteiger charge is -2.20. The molecule has 2 aromatic rings. The van der Waals surface area contributed by atoms with Gasteiger partial charge in [-0.1, -0.05) is 54.6 Å². The lowest BCUT2D eigenvalue weighted by Crippen LogP contribution is -2.09. The van der Waals surface area contributed by atoms with E-state index in [1.165, 1.54) is 16.7 Å². The van der Waals surface area contributed by atoms with Crippen LogP contribution in [0, 0.1) is 0 Å². The highest BCUT2D eigenvalue weighted by atomic mass is 14.8. The summed E-state index contributed by atoms with van der Waals surface area (Å²) < 4.78 is 0. The Morgan fingerprint density at radius 2 is 1.71 bits per heavy atom. The Hall–Kier alpha value is -1.89. The van der Waals surface area contributed by atoms with Crippen molar-refractivity contribution in [1.82, 2.24) is 0 Å². The van der Waals surface area contributed by atoms with Crippen molar-refractivity contribution in [3.63, 3.8) is 0 Å². The largest absolute Gasteiger partial charge is 0.289 e. The molecule has 3 rings (SSSR count). The van der Waals surface area contributed by atoms with Crippen LogP contribution in [0.15, 0.2) is 59.6 Å². The van der Waals surface area contributed by atoms with Gasteiger partial charge in [0.2, 0.25) is 0 Å². The molecular weight excluding hydrogens is 206 g/mol. The zero-order chi connectivity index (χ0) is 11.5. The predicted molar refractivity (Wildman–Crippen MR) is 71.5 cm³/mol. The maximum absolute atomic E-state index is 4.64. The molecule has 0 spiro atoms. The van der Waals surface area contributed by atoms with E-state index in [4.69, 9.17) is 0 Å². The molecular formula is C16H15N. The fourth-order valence-corrected chi connectivity index (χ4v) is 2.40. The normalized spacial score (nSPS) is 17.8. The standard InChI is InChI=1S/C16H15N/c1-2-6-13(7-3-1)12-16-15-9-5-4-8-14(15)10-11-17-16/h1-9,11,16H,10,12H2. The Labute approximate surface area is 102 Å². The molecule has 2 aromatic carbocycles. The number of fused-ring (bicyclic) bond motifs is 1. The van der Waals surface area contributed by atoms with Gasteiger partial charge in [-0.15, -0.1) is 0 Å². The van der Waals surface area contributed by atoms with Crippen molar-refractivity contribution in [2.24, 2.45) is 4.99 Å². The summed E-state index contributed by atoms with van der Waals surface area (Å²) in [7, 11) is 0. The molecule has 0 amide bonds. The fraction of sp³-hybridized carbons (Fsp3) is 0.188. The first kappa shape index (κ1) is 10.3. The van der Waals surface area contributed by atoms with Gasteiger partial charge in [0.15, 0.2) is 0 Å². The van der Waals surface area contributed by atoms with Crippen LogP contribution in [0.2, 0.25) is 0 Å². The molecule has 0 saturated heterocycles. The van der Waals surface area contributed by atoms with Gasteiger partial charge in [-0.05, 0) is 23.1 Å². The third-order valence-electron chi connectivity index (χ3n) is 3.28. The van der Waals surface area contributed by atoms with Gasteiger partial charge in [0.1, 0.15) is 0 Å².